The lowest BCUT2D eigenvalue weighted by atomic mass is 9.95. The minimum Gasteiger partial charge on any atom is -0.452 e. The van der Waals surface area contributed by atoms with Crippen LogP contribution in [0.15, 0.2) is 28.8 Å². The summed E-state index contributed by atoms with van der Waals surface area (Å²) in [6.45, 7) is 9.83. The van der Waals surface area contributed by atoms with Crippen LogP contribution < -0.4 is 4.90 Å². The number of anilines is 1. The largest absolute Gasteiger partial charge is 0.452 e. The summed E-state index contributed by atoms with van der Waals surface area (Å²) in [7, 11) is 0. The lowest BCUT2D eigenvalue weighted by Gasteiger charge is -2.48. The Morgan fingerprint density at radius 3 is 2.62 bits per heavy atom. The zero-order valence-corrected chi connectivity index (χ0v) is 19.0. The average molecular weight is 441 g/mol. The number of aromatic nitrogens is 2. The van der Waals surface area contributed by atoms with Gasteiger partial charge in [0.1, 0.15) is 0 Å². The van der Waals surface area contributed by atoms with E-state index in [1.807, 2.05) is 34.6 Å². The van der Waals surface area contributed by atoms with Crippen molar-refractivity contribution in [1.29, 1.82) is 0 Å². The zero-order chi connectivity index (χ0) is 23.3. The minimum atomic E-state index is -1.53. The highest BCUT2D eigenvalue weighted by Gasteiger charge is 2.62. The molecule has 1 atom stereocenters. The molecule has 4 rings (SSSR count). The first-order valence-electron chi connectivity index (χ1n) is 10.8. The normalized spacial score (nSPS) is 20.6. The van der Waals surface area contributed by atoms with E-state index in [0.717, 1.165) is 0 Å². The molecule has 32 heavy (non-hydrogen) atoms. The maximum Gasteiger partial charge on any atom is 0.354 e. The van der Waals surface area contributed by atoms with Crippen molar-refractivity contribution in [3.63, 3.8) is 0 Å². The molecule has 3 heterocycles. The minimum absolute atomic E-state index is 0.0803. The summed E-state index contributed by atoms with van der Waals surface area (Å²) < 4.78 is 10.8. The Hall–Kier alpha value is -3.23. The third-order valence-corrected chi connectivity index (χ3v) is 5.71. The molecule has 2 aliphatic heterocycles. The molecule has 2 aromatic rings. The Kier molecular flexibility index (Phi) is 5.30. The molecule has 1 unspecified atom stereocenters. The van der Waals surface area contributed by atoms with Gasteiger partial charge in [0.2, 0.25) is 11.6 Å². The quantitative estimate of drug-likeness (QED) is 0.658. The summed E-state index contributed by atoms with van der Waals surface area (Å²) in [5.74, 6) is -0.441. The number of carbonyl (C=O) groups is 3. The Morgan fingerprint density at radius 1 is 1.25 bits per heavy atom. The molecule has 0 bridgehead atoms. The Bertz CT molecular complexity index is 1070. The van der Waals surface area contributed by atoms with Gasteiger partial charge in [-0.05, 0) is 18.1 Å². The molecule has 0 aliphatic carbocycles. The van der Waals surface area contributed by atoms with E-state index >= 15 is 0 Å². The molecule has 1 aromatic carbocycles. The van der Waals surface area contributed by atoms with Crippen molar-refractivity contribution in [3.8, 4) is 0 Å². The molecule has 1 saturated heterocycles. The molecule has 0 saturated carbocycles. The fourth-order valence-corrected chi connectivity index (χ4v) is 4.23. The number of fused-ring (bicyclic) bond motifs is 3. The third-order valence-electron chi connectivity index (χ3n) is 5.71. The number of benzene rings is 1. The monoisotopic (exact) mass is 440 g/mol. The molecule has 9 nitrogen and oxygen atoms in total. The molecule has 1 fully saturated rings. The van der Waals surface area contributed by atoms with Crippen LogP contribution in [0.25, 0.3) is 0 Å². The van der Waals surface area contributed by atoms with Gasteiger partial charge in [-0.15, -0.1) is 0 Å². The van der Waals surface area contributed by atoms with Gasteiger partial charge in [-0.3, -0.25) is 14.5 Å². The van der Waals surface area contributed by atoms with Crippen molar-refractivity contribution < 1.29 is 23.6 Å². The summed E-state index contributed by atoms with van der Waals surface area (Å²) >= 11 is 0. The fourth-order valence-electron chi connectivity index (χ4n) is 4.23. The van der Waals surface area contributed by atoms with Crippen LogP contribution in [-0.4, -0.2) is 45.0 Å². The number of rotatable bonds is 5. The maximum atomic E-state index is 13.6. The summed E-state index contributed by atoms with van der Waals surface area (Å²) in [4.78, 5) is 47.2. The van der Waals surface area contributed by atoms with E-state index in [-0.39, 0.29) is 48.5 Å². The van der Waals surface area contributed by atoms with Crippen LogP contribution in [0.3, 0.4) is 0 Å². The van der Waals surface area contributed by atoms with Crippen LogP contribution in [0, 0.1) is 5.92 Å². The standard InChI is InChI=1S/C23H28N4O5/c1-14(2)12-26-19(29)15-8-6-7-9-16(15)27-18(28)10-11-23(26,27)21(30)31-13-17-24-20(25-32-17)22(3,4)5/h6-9,14H,10-13H2,1-5H3. The van der Waals surface area contributed by atoms with Crippen molar-refractivity contribution in [1.82, 2.24) is 15.0 Å². The van der Waals surface area contributed by atoms with E-state index in [0.29, 0.717) is 23.6 Å². The van der Waals surface area contributed by atoms with Crippen LogP contribution in [0.4, 0.5) is 5.69 Å². The molecule has 2 amide bonds. The smallest absolute Gasteiger partial charge is 0.354 e. The third kappa shape index (κ3) is 3.45. The van der Waals surface area contributed by atoms with Gasteiger partial charge < -0.3 is 14.2 Å². The van der Waals surface area contributed by atoms with Crippen molar-refractivity contribution >= 4 is 23.5 Å². The number of amides is 2. The van der Waals surface area contributed by atoms with Gasteiger partial charge in [-0.1, -0.05) is 51.9 Å². The lowest BCUT2D eigenvalue weighted by Crippen LogP contribution is -2.69. The summed E-state index contributed by atoms with van der Waals surface area (Å²) in [5, 5.41) is 3.94. The van der Waals surface area contributed by atoms with Crippen molar-refractivity contribution in [2.24, 2.45) is 5.92 Å². The number of nitrogens with zero attached hydrogens (tertiary/aromatic N) is 4. The fraction of sp³-hybridized carbons (Fsp3) is 0.522. The molecular formula is C23H28N4O5. The van der Waals surface area contributed by atoms with E-state index < -0.39 is 11.6 Å². The highest BCUT2D eigenvalue weighted by Crippen LogP contribution is 2.45. The van der Waals surface area contributed by atoms with Gasteiger partial charge in [-0.25, -0.2) is 4.79 Å². The van der Waals surface area contributed by atoms with Gasteiger partial charge in [0.25, 0.3) is 11.8 Å². The van der Waals surface area contributed by atoms with Gasteiger partial charge in [0.05, 0.1) is 11.3 Å². The Balaban J connectivity index is 1.70. The topological polar surface area (TPSA) is 106 Å². The van der Waals surface area contributed by atoms with Crippen molar-refractivity contribution in [2.75, 3.05) is 11.4 Å². The van der Waals surface area contributed by atoms with E-state index in [1.165, 1.54) is 9.80 Å². The molecule has 0 spiro atoms. The number of carbonyl (C=O) groups excluding carboxylic acids is 3. The second kappa shape index (κ2) is 7.72. The first-order valence-corrected chi connectivity index (χ1v) is 10.8. The number of para-hydroxylation sites is 1. The lowest BCUT2D eigenvalue weighted by molar-refractivity contribution is -0.159. The average Bonchev–Trinajstić information content (AvgIpc) is 3.35. The van der Waals surface area contributed by atoms with Crippen LogP contribution in [-0.2, 0) is 26.3 Å². The maximum absolute atomic E-state index is 13.6. The van der Waals surface area contributed by atoms with Gasteiger partial charge in [-0.2, -0.15) is 4.98 Å². The van der Waals surface area contributed by atoms with Crippen LogP contribution in [0.1, 0.15) is 69.5 Å². The van der Waals surface area contributed by atoms with Crippen LogP contribution >= 0.6 is 0 Å². The predicted molar refractivity (Wildman–Crippen MR) is 115 cm³/mol. The SMILES string of the molecule is CC(C)CN1C(=O)c2ccccc2N2C(=O)CCC12C(=O)OCc1nc(C(C)(C)C)no1. The first kappa shape index (κ1) is 22.0. The summed E-state index contributed by atoms with van der Waals surface area (Å²) in [6.07, 6.45) is 0.300. The zero-order valence-electron chi connectivity index (χ0n) is 19.0. The molecule has 0 radical (unpaired) electrons. The highest BCUT2D eigenvalue weighted by atomic mass is 16.6. The molecule has 170 valence electrons. The molecule has 2 aliphatic rings. The summed E-state index contributed by atoms with van der Waals surface area (Å²) in [6, 6.07) is 6.87. The van der Waals surface area contributed by atoms with E-state index in [4.69, 9.17) is 9.26 Å². The second-order valence-electron chi connectivity index (χ2n) is 9.71. The van der Waals surface area contributed by atoms with E-state index in [1.54, 1.807) is 24.3 Å². The molecule has 9 heteroatoms. The first-order chi connectivity index (χ1) is 15.1. The van der Waals surface area contributed by atoms with Crippen LogP contribution in [0.5, 0.6) is 0 Å². The number of ether oxygens (including phenoxy) is 1. The Morgan fingerprint density at radius 2 is 1.97 bits per heavy atom. The van der Waals surface area contributed by atoms with E-state index in [9.17, 15) is 14.4 Å². The number of hydrogen-bond acceptors (Lipinski definition) is 7. The van der Waals surface area contributed by atoms with Gasteiger partial charge >= 0.3 is 5.97 Å². The molecule has 0 N–H and O–H groups in total. The van der Waals surface area contributed by atoms with Gasteiger partial charge in [0.15, 0.2) is 12.4 Å². The number of esters is 1. The van der Waals surface area contributed by atoms with Crippen molar-refractivity contribution in [3.05, 3.63) is 41.5 Å². The van der Waals surface area contributed by atoms with E-state index in [2.05, 4.69) is 10.1 Å². The van der Waals surface area contributed by atoms with Crippen molar-refractivity contribution in [2.45, 2.75) is 65.1 Å². The second-order valence-corrected chi connectivity index (χ2v) is 9.71. The van der Waals surface area contributed by atoms with Crippen LogP contribution in [0.2, 0.25) is 0 Å². The molecular weight excluding hydrogens is 412 g/mol. The summed E-state index contributed by atoms with van der Waals surface area (Å²) in [5.41, 5.74) is -1.00. The highest BCUT2D eigenvalue weighted by molar-refractivity contribution is 6.15. The number of hydrogen-bond donors (Lipinski definition) is 0. The predicted octanol–water partition coefficient (Wildman–Crippen LogP) is 3.05. The molecule has 1 aromatic heterocycles. The van der Waals surface area contributed by atoms with Gasteiger partial charge in [0, 0.05) is 24.8 Å². The Labute approximate surface area is 186 Å².